The summed E-state index contributed by atoms with van der Waals surface area (Å²) < 4.78 is 0. The van der Waals surface area contributed by atoms with Crippen molar-refractivity contribution in [3.63, 3.8) is 0 Å². The van der Waals surface area contributed by atoms with Crippen LogP contribution >= 0.6 is 0 Å². The summed E-state index contributed by atoms with van der Waals surface area (Å²) in [5, 5.41) is 20.5. The number of azo groups is 1. The zero-order valence-corrected chi connectivity index (χ0v) is 7.07. The molecule has 0 bridgehead atoms. The molecule has 1 aromatic rings. The quantitative estimate of drug-likeness (QED) is 0.196. The van der Waals surface area contributed by atoms with E-state index < -0.39 is 4.92 Å². The fourth-order valence-electron chi connectivity index (χ4n) is 0.821. The molecular formula is C7H7N5O2. The average Bonchev–Trinajstić information content (AvgIpc) is 2.19. The minimum absolute atomic E-state index is 0.110. The molecule has 0 aliphatic heterocycles. The summed E-state index contributed by atoms with van der Waals surface area (Å²) in [5.41, 5.74) is 0.0547. The number of nitro groups is 1. The Morgan fingerprint density at radius 3 is 2.79 bits per heavy atom. The number of rotatable bonds is 3. The van der Waals surface area contributed by atoms with Gasteiger partial charge in [0.2, 0.25) is 0 Å². The summed E-state index contributed by atoms with van der Waals surface area (Å²) in [5.74, 6) is 4.77. The Bertz CT molecular complexity index is 387. The van der Waals surface area contributed by atoms with E-state index in [1.54, 1.807) is 12.1 Å². The third-order valence-electron chi connectivity index (χ3n) is 1.36. The molecule has 1 aromatic carbocycles. The smallest absolute Gasteiger partial charge is 0.296 e. The van der Waals surface area contributed by atoms with Crippen LogP contribution < -0.4 is 5.84 Å². The third-order valence-corrected chi connectivity index (χ3v) is 1.36. The summed E-state index contributed by atoms with van der Waals surface area (Å²) in [6.45, 7) is 0. The van der Waals surface area contributed by atoms with Crippen LogP contribution in [0.15, 0.2) is 39.6 Å². The summed E-state index contributed by atoms with van der Waals surface area (Å²) in [4.78, 5) is 9.97. The summed E-state index contributed by atoms with van der Waals surface area (Å²) in [7, 11) is 0. The minimum atomic E-state index is -0.534. The van der Waals surface area contributed by atoms with Crippen LogP contribution in [0.25, 0.3) is 0 Å². The van der Waals surface area contributed by atoms with E-state index in [0.29, 0.717) is 0 Å². The van der Waals surface area contributed by atoms with Gasteiger partial charge in [-0.3, -0.25) is 10.1 Å². The van der Waals surface area contributed by atoms with Crippen molar-refractivity contribution in [3.05, 3.63) is 34.4 Å². The molecule has 1 rings (SSSR count). The summed E-state index contributed by atoms with van der Waals surface area (Å²) in [6.07, 6.45) is 0.997. The lowest BCUT2D eigenvalue weighted by Crippen LogP contribution is -1.87. The first-order valence-corrected chi connectivity index (χ1v) is 3.61. The van der Waals surface area contributed by atoms with Gasteiger partial charge in [0.25, 0.3) is 5.69 Å². The number of nitrogens with zero attached hydrogens (tertiary/aromatic N) is 4. The number of hydrogen-bond donors (Lipinski definition) is 1. The monoisotopic (exact) mass is 193 g/mol. The van der Waals surface area contributed by atoms with Crippen LogP contribution in [0.5, 0.6) is 0 Å². The topological polar surface area (TPSA) is 106 Å². The zero-order chi connectivity index (χ0) is 10.4. The predicted molar refractivity (Wildman–Crippen MR) is 50.3 cm³/mol. The van der Waals surface area contributed by atoms with Gasteiger partial charge in [0, 0.05) is 6.07 Å². The normalized spacial score (nSPS) is 11.1. The molecule has 0 saturated carbocycles. The molecule has 0 amide bonds. The van der Waals surface area contributed by atoms with E-state index >= 15 is 0 Å². The van der Waals surface area contributed by atoms with Crippen LogP contribution in [-0.2, 0) is 0 Å². The van der Waals surface area contributed by atoms with Gasteiger partial charge in [0.1, 0.15) is 0 Å². The van der Waals surface area contributed by atoms with Gasteiger partial charge >= 0.3 is 0 Å². The van der Waals surface area contributed by atoms with Crippen molar-refractivity contribution in [2.75, 3.05) is 0 Å². The van der Waals surface area contributed by atoms with Crippen molar-refractivity contribution in [3.8, 4) is 0 Å². The highest BCUT2D eigenvalue weighted by atomic mass is 16.6. The first kappa shape index (κ1) is 9.78. The Morgan fingerprint density at radius 1 is 1.43 bits per heavy atom. The van der Waals surface area contributed by atoms with Gasteiger partial charge in [-0.25, -0.2) is 0 Å². The van der Waals surface area contributed by atoms with E-state index in [-0.39, 0.29) is 11.4 Å². The second-order valence-corrected chi connectivity index (χ2v) is 2.23. The maximum absolute atomic E-state index is 10.5. The fraction of sp³-hybridized carbons (Fsp3) is 0. The average molecular weight is 193 g/mol. The second kappa shape index (κ2) is 4.65. The van der Waals surface area contributed by atoms with Gasteiger partial charge < -0.3 is 5.84 Å². The molecule has 0 aliphatic carbocycles. The molecule has 72 valence electrons. The second-order valence-electron chi connectivity index (χ2n) is 2.23. The first-order valence-electron chi connectivity index (χ1n) is 3.61. The molecule has 0 heterocycles. The van der Waals surface area contributed by atoms with Crippen molar-refractivity contribution >= 4 is 17.7 Å². The highest BCUT2D eigenvalue weighted by molar-refractivity contribution is 5.59. The SMILES string of the molecule is NN=CN=Nc1ccccc1[N+](=O)[O-]. The van der Waals surface area contributed by atoms with Crippen molar-refractivity contribution in [1.82, 2.24) is 0 Å². The van der Waals surface area contributed by atoms with Crippen molar-refractivity contribution in [1.29, 1.82) is 0 Å². The molecule has 7 heteroatoms. The molecule has 0 unspecified atom stereocenters. The number of nitrogens with two attached hydrogens (primary N) is 1. The molecule has 0 aliphatic rings. The van der Waals surface area contributed by atoms with Crippen molar-refractivity contribution in [2.45, 2.75) is 0 Å². The van der Waals surface area contributed by atoms with Crippen LogP contribution in [-0.4, -0.2) is 11.3 Å². The van der Waals surface area contributed by atoms with Gasteiger partial charge in [0.05, 0.1) is 4.92 Å². The van der Waals surface area contributed by atoms with Crippen molar-refractivity contribution < 1.29 is 4.92 Å². The van der Waals surface area contributed by atoms with Crippen LogP contribution in [0.1, 0.15) is 0 Å². The lowest BCUT2D eigenvalue weighted by atomic mass is 10.3. The Labute approximate surface area is 79.1 Å². The summed E-state index contributed by atoms with van der Waals surface area (Å²) >= 11 is 0. The van der Waals surface area contributed by atoms with Gasteiger partial charge in [-0.1, -0.05) is 12.1 Å². The highest BCUT2D eigenvalue weighted by Crippen LogP contribution is 2.26. The van der Waals surface area contributed by atoms with Crippen LogP contribution in [0.3, 0.4) is 0 Å². The maximum Gasteiger partial charge on any atom is 0.296 e. The number of nitro benzene ring substituents is 1. The fourth-order valence-corrected chi connectivity index (χ4v) is 0.821. The molecule has 0 fully saturated rings. The molecule has 0 aromatic heterocycles. The predicted octanol–water partition coefficient (Wildman–Crippen LogP) is 1.58. The van der Waals surface area contributed by atoms with Gasteiger partial charge in [-0.05, 0) is 6.07 Å². The summed E-state index contributed by atoms with van der Waals surface area (Å²) in [6, 6.07) is 6.00. The number of hydrogen-bond acceptors (Lipinski definition) is 5. The molecule has 7 nitrogen and oxygen atoms in total. The Morgan fingerprint density at radius 2 is 2.14 bits per heavy atom. The van der Waals surface area contributed by atoms with Crippen LogP contribution in [0.2, 0.25) is 0 Å². The van der Waals surface area contributed by atoms with Crippen molar-refractivity contribution in [2.24, 2.45) is 21.2 Å². The highest BCUT2D eigenvalue weighted by Gasteiger charge is 2.10. The van der Waals surface area contributed by atoms with E-state index in [0.717, 1.165) is 6.34 Å². The molecule has 2 N–H and O–H groups in total. The molecular weight excluding hydrogens is 186 g/mol. The Kier molecular flexibility index (Phi) is 3.25. The van der Waals surface area contributed by atoms with Gasteiger partial charge in [0.15, 0.2) is 12.0 Å². The molecule has 0 radical (unpaired) electrons. The van der Waals surface area contributed by atoms with E-state index in [1.165, 1.54) is 12.1 Å². The number of para-hydroxylation sites is 1. The van der Waals surface area contributed by atoms with E-state index in [9.17, 15) is 10.1 Å². The Balaban J connectivity index is 3.01. The standard InChI is InChI=1S/C7H7N5O2/c8-9-5-10-11-6-3-1-2-4-7(6)12(13)14/h1-5H,8H2. The maximum atomic E-state index is 10.5. The molecule has 14 heavy (non-hydrogen) atoms. The van der Waals surface area contributed by atoms with E-state index in [2.05, 4.69) is 15.3 Å². The van der Waals surface area contributed by atoms with Gasteiger partial charge in [-0.15, -0.1) is 10.2 Å². The lowest BCUT2D eigenvalue weighted by Gasteiger charge is -1.93. The van der Waals surface area contributed by atoms with Crippen LogP contribution in [0.4, 0.5) is 11.4 Å². The van der Waals surface area contributed by atoms with Gasteiger partial charge in [-0.2, -0.15) is 5.10 Å². The Hall–Kier alpha value is -2.31. The molecule has 0 atom stereocenters. The zero-order valence-electron chi connectivity index (χ0n) is 7.07. The number of hydrazone groups is 1. The third kappa shape index (κ3) is 2.34. The molecule has 0 spiro atoms. The lowest BCUT2D eigenvalue weighted by molar-refractivity contribution is -0.384. The number of benzene rings is 1. The largest absolute Gasteiger partial charge is 0.322 e. The van der Waals surface area contributed by atoms with E-state index in [4.69, 9.17) is 5.84 Å². The minimum Gasteiger partial charge on any atom is -0.322 e. The van der Waals surface area contributed by atoms with E-state index in [1.807, 2.05) is 0 Å². The molecule has 0 saturated heterocycles. The first-order chi connectivity index (χ1) is 6.75. The van der Waals surface area contributed by atoms with Crippen LogP contribution in [0, 0.1) is 10.1 Å².